The van der Waals surface area contributed by atoms with E-state index in [0.29, 0.717) is 35.7 Å². The second-order valence-corrected chi connectivity index (χ2v) is 5.95. The molecule has 0 atom stereocenters. The van der Waals surface area contributed by atoms with Crippen molar-refractivity contribution < 1.29 is 18.7 Å². The number of carbonyl (C=O) groups is 1. The summed E-state index contributed by atoms with van der Waals surface area (Å²) in [5.41, 5.74) is 1.87. The van der Waals surface area contributed by atoms with Crippen LogP contribution in [0.2, 0.25) is 0 Å². The number of hydrogen-bond acceptors (Lipinski definition) is 4. The molecule has 0 aliphatic carbocycles. The average Bonchev–Trinajstić information content (AvgIpc) is 2.61. The highest BCUT2D eigenvalue weighted by atomic mass is 19.1. The Morgan fingerprint density at radius 2 is 1.72 bits per heavy atom. The number of hydrogen-bond donors (Lipinski definition) is 1. The van der Waals surface area contributed by atoms with E-state index in [2.05, 4.69) is 5.32 Å². The van der Waals surface area contributed by atoms with Crippen molar-refractivity contribution in [1.82, 2.24) is 10.2 Å². The van der Waals surface area contributed by atoms with E-state index in [1.165, 1.54) is 20.3 Å². The van der Waals surface area contributed by atoms with Gasteiger partial charge in [0.05, 0.1) is 14.2 Å². The summed E-state index contributed by atoms with van der Waals surface area (Å²) in [5, 5.41) is 2.83. The Balaban J connectivity index is 2.09. The van der Waals surface area contributed by atoms with Crippen LogP contribution in [0, 0.1) is 5.82 Å². The Morgan fingerprint density at radius 1 is 1.08 bits per heavy atom. The van der Waals surface area contributed by atoms with Gasteiger partial charge in [-0.15, -0.1) is 0 Å². The maximum Gasteiger partial charge on any atom is 0.251 e. The highest BCUT2D eigenvalue weighted by Crippen LogP contribution is 2.22. The number of ether oxygens (including phenoxy) is 2. The Kier molecular flexibility index (Phi) is 6.36. The molecule has 0 aliphatic rings. The third-order valence-electron chi connectivity index (χ3n) is 3.66. The molecular formula is C19H23FN2O3. The van der Waals surface area contributed by atoms with Gasteiger partial charge in [0.2, 0.25) is 0 Å². The number of rotatable bonds is 7. The number of amides is 1. The summed E-state index contributed by atoms with van der Waals surface area (Å²) in [4.78, 5) is 14.3. The van der Waals surface area contributed by atoms with E-state index >= 15 is 0 Å². The van der Waals surface area contributed by atoms with E-state index in [4.69, 9.17) is 9.47 Å². The minimum Gasteiger partial charge on any atom is -0.497 e. The molecule has 0 saturated carbocycles. The van der Waals surface area contributed by atoms with Crippen LogP contribution in [-0.2, 0) is 13.1 Å². The lowest BCUT2D eigenvalue weighted by Crippen LogP contribution is -2.23. The number of benzene rings is 2. The zero-order valence-electron chi connectivity index (χ0n) is 14.9. The van der Waals surface area contributed by atoms with Gasteiger partial charge in [-0.2, -0.15) is 0 Å². The number of nitrogens with zero attached hydrogens (tertiary/aromatic N) is 1. The van der Waals surface area contributed by atoms with E-state index in [1.807, 2.05) is 19.0 Å². The first-order valence-electron chi connectivity index (χ1n) is 7.86. The van der Waals surface area contributed by atoms with Gasteiger partial charge < -0.3 is 19.7 Å². The SMILES string of the molecule is COc1cc(OC)cc(C(=O)NCc2ccc(F)c(CN(C)C)c2)c1. The predicted octanol–water partition coefficient (Wildman–Crippen LogP) is 2.83. The molecule has 0 aliphatic heterocycles. The van der Waals surface area contributed by atoms with Crippen LogP contribution in [0.1, 0.15) is 21.5 Å². The van der Waals surface area contributed by atoms with Gasteiger partial charge in [0.15, 0.2) is 0 Å². The number of halogens is 1. The Bertz CT molecular complexity index is 725. The summed E-state index contributed by atoms with van der Waals surface area (Å²) >= 11 is 0. The molecule has 0 fully saturated rings. The number of carbonyl (C=O) groups excluding carboxylic acids is 1. The van der Waals surface area contributed by atoms with Crippen molar-refractivity contribution in [3.05, 3.63) is 58.9 Å². The molecule has 0 aromatic heterocycles. The zero-order valence-corrected chi connectivity index (χ0v) is 14.9. The van der Waals surface area contributed by atoms with Gasteiger partial charge in [-0.05, 0) is 43.9 Å². The van der Waals surface area contributed by atoms with Gasteiger partial charge in [-0.1, -0.05) is 6.07 Å². The van der Waals surface area contributed by atoms with Crippen LogP contribution >= 0.6 is 0 Å². The molecule has 5 nitrogen and oxygen atoms in total. The van der Waals surface area contributed by atoms with Gasteiger partial charge in [0, 0.05) is 30.3 Å². The minimum atomic E-state index is -0.254. The van der Waals surface area contributed by atoms with Crippen molar-refractivity contribution in [2.45, 2.75) is 13.1 Å². The van der Waals surface area contributed by atoms with Crippen molar-refractivity contribution in [2.24, 2.45) is 0 Å². The van der Waals surface area contributed by atoms with Crippen molar-refractivity contribution in [3.63, 3.8) is 0 Å². The zero-order chi connectivity index (χ0) is 18.4. The Hall–Kier alpha value is -2.60. The average molecular weight is 346 g/mol. The Morgan fingerprint density at radius 3 is 2.28 bits per heavy atom. The molecule has 1 amide bonds. The number of methoxy groups -OCH3 is 2. The van der Waals surface area contributed by atoms with Gasteiger partial charge in [-0.3, -0.25) is 4.79 Å². The second kappa shape index (κ2) is 8.48. The standard InChI is InChI=1S/C19H23FN2O3/c1-22(2)12-15-7-13(5-6-18(15)20)11-21-19(23)14-8-16(24-3)10-17(9-14)25-4/h5-10H,11-12H2,1-4H3,(H,21,23). The number of nitrogens with one attached hydrogen (secondary N) is 1. The lowest BCUT2D eigenvalue weighted by molar-refractivity contribution is 0.0950. The fourth-order valence-electron chi connectivity index (χ4n) is 2.42. The summed E-state index contributed by atoms with van der Waals surface area (Å²) in [6.45, 7) is 0.805. The first-order chi connectivity index (χ1) is 11.9. The van der Waals surface area contributed by atoms with Crippen LogP contribution in [0.5, 0.6) is 11.5 Å². The van der Waals surface area contributed by atoms with Crippen LogP contribution < -0.4 is 14.8 Å². The summed E-state index contributed by atoms with van der Waals surface area (Å²) in [6.07, 6.45) is 0. The molecule has 0 saturated heterocycles. The van der Waals surface area contributed by atoms with Crippen molar-refractivity contribution in [3.8, 4) is 11.5 Å². The van der Waals surface area contributed by atoms with E-state index in [0.717, 1.165) is 5.56 Å². The molecule has 2 aromatic carbocycles. The maximum atomic E-state index is 13.8. The fourth-order valence-corrected chi connectivity index (χ4v) is 2.42. The summed E-state index contributed by atoms with van der Waals surface area (Å²) in [5.74, 6) is 0.580. The molecule has 2 aromatic rings. The first kappa shape index (κ1) is 18.7. The molecule has 0 bridgehead atoms. The molecule has 25 heavy (non-hydrogen) atoms. The smallest absolute Gasteiger partial charge is 0.251 e. The van der Waals surface area contributed by atoms with Crippen LogP contribution in [0.15, 0.2) is 36.4 Å². The van der Waals surface area contributed by atoms with E-state index in [-0.39, 0.29) is 11.7 Å². The van der Waals surface area contributed by atoms with Gasteiger partial charge in [0.25, 0.3) is 5.91 Å². The van der Waals surface area contributed by atoms with Crippen LogP contribution in [0.3, 0.4) is 0 Å². The lowest BCUT2D eigenvalue weighted by Gasteiger charge is -2.13. The maximum absolute atomic E-state index is 13.8. The molecule has 0 spiro atoms. The third kappa shape index (κ3) is 5.19. The second-order valence-electron chi connectivity index (χ2n) is 5.95. The molecule has 0 radical (unpaired) electrons. The minimum absolute atomic E-state index is 0.249. The third-order valence-corrected chi connectivity index (χ3v) is 3.66. The fraction of sp³-hybridized carbons (Fsp3) is 0.316. The molecular weight excluding hydrogens is 323 g/mol. The quantitative estimate of drug-likeness (QED) is 0.838. The van der Waals surface area contributed by atoms with E-state index in [1.54, 1.807) is 30.3 Å². The lowest BCUT2D eigenvalue weighted by atomic mass is 10.1. The highest BCUT2D eigenvalue weighted by molar-refractivity contribution is 5.95. The Labute approximate surface area is 147 Å². The van der Waals surface area contributed by atoms with Crippen molar-refractivity contribution in [1.29, 1.82) is 0 Å². The van der Waals surface area contributed by atoms with Crippen LogP contribution in [0.4, 0.5) is 4.39 Å². The largest absolute Gasteiger partial charge is 0.497 e. The molecule has 6 heteroatoms. The summed E-state index contributed by atoms with van der Waals surface area (Å²) in [7, 11) is 6.82. The monoisotopic (exact) mass is 346 g/mol. The normalized spacial score (nSPS) is 10.6. The summed E-state index contributed by atoms with van der Waals surface area (Å²) in [6, 6.07) is 9.84. The van der Waals surface area contributed by atoms with Crippen molar-refractivity contribution in [2.75, 3.05) is 28.3 Å². The van der Waals surface area contributed by atoms with Crippen LogP contribution in [0.25, 0.3) is 0 Å². The van der Waals surface area contributed by atoms with Crippen molar-refractivity contribution >= 4 is 5.91 Å². The molecule has 2 rings (SSSR count). The van der Waals surface area contributed by atoms with Gasteiger partial charge in [-0.25, -0.2) is 4.39 Å². The predicted molar refractivity (Wildman–Crippen MR) is 94.5 cm³/mol. The van der Waals surface area contributed by atoms with Crippen LogP contribution in [-0.4, -0.2) is 39.1 Å². The van der Waals surface area contributed by atoms with E-state index < -0.39 is 0 Å². The molecule has 1 N–H and O–H groups in total. The molecule has 134 valence electrons. The highest BCUT2D eigenvalue weighted by Gasteiger charge is 2.11. The summed E-state index contributed by atoms with van der Waals surface area (Å²) < 4.78 is 24.2. The molecule has 0 unspecified atom stereocenters. The van der Waals surface area contributed by atoms with E-state index in [9.17, 15) is 9.18 Å². The van der Waals surface area contributed by atoms with Gasteiger partial charge >= 0.3 is 0 Å². The topological polar surface area (TPSA) is 50.8 Å². The van der Waals surface area contributed by atoms with Gasteiger partial charge in [0.1, 0.15) is 17.3 Å². The molecule has 0 heterocycles. The first-order valence-corrected chi connectivity index (χ1v) is 7.86.